The molecule has 5 aromatic rings. The van der Waals surface area contributed by atoms with Gasteiger partial charge in [0.15, 0.2) is 0 Å². The van der Waals surface area contributed by atoms with E-state index < -0.39 is 0 Å². The van der Waals surface area contributed by atoms with E-state index >= 15 is 0 Å². The summed E-state index contributed by atoms with van der Waals surface area (Å²) in [5, 5.41) is 0. The molecule has 0 spiro atoms. The Hall–Kier alpha value is -5.09. The second kappa shape index (κ2) is 9.21. The average Bonchev–Trinajstić information content (AvgIpc) is 3.08. The van der Waals surface area contributed by atoms with Crippen molar-refractivity contribution in [2.75, 3.05) is 9.44 Å². The summed E-state index contributed by atoms with van der Waals surface area (Å²) < 4.78 is 7.99. The van der Waals surface area contributed by atoms with E-state index in [1.807, 2.05) is 0 Å². The zero-order valence-electron chi connectivity index (χ0n) is 24.1. The Morgan fingerprint density at radius 3 is 1.37 bits per heavy atom. The fraction of sp³-hybridized carbons (Fsp3) is 0.0270. The lowest BCUT2D eigenvalue weighted by molar-refractivity contribution is 0.816. The summed E-state index contributed by atoms with van der Waals surface area (Å²) in [6.07, 6.45) is 6.48. The van der Waals surface area contributed by atoms with Gasteiger partial charge in [-0.2, -0.15) is 0 Å². The van der Waals surface area contributed by atoms with Gasteiger partial charge in [0.05, 0.1) is 0 Å². The monoisotopic (exact) mass is 547 g/mol. The molecule has 9 rings (SSSR count). The number of para-hydroxylation sites is 2. The van der Waals surface area contributed by atoms with Crippen LogP contribution >= 0.6 is 0 Å². The quantitative estimate of drug-likeness (QED) is 0.253. The van der Waals surface area contributed by atoms with Crippen LogP contribution in [0.25, 0.3) is 27.8 Å². The number of anilines is 2. The summed E-state index contributed by atoms with van der Waals surface area (Å²) in [6, 6.07) is 44.8. The number of allylic oxidation sites excluding steroid dienone is 4. The Morgan fingerprint density at radius 2 is 0.884 bits per heavy atom. The van der Waals surface area contributed by atoms with E-state index in [0.717, 1.165) is 5.70 Å². The number of rotatable bonds is 2. The van der Waals surface area contributed by atoms with Gasteiger partial charge in [-0.25, -0.2) is 0 Å². The SMILES string of the molecule is C=CC1=C(/C=C\C)c2ccccc2B2N1B1c3ccccc3-c3ccccc3N1B1c3ccccc3-c3ccccc3N21. The summed E-state index contributed by atoms with van der Waals surface area (Å²) in [7, 11) is 0. The second-order valence-corrected chi connectivity index (χ2v) is 11.6. The molecule has 1 saturated heterocycles. The lowest BCUT2D eigenvalue weighted by Gasteiger charge is -2.61. The third kappa shape index (κ3) is 3.18. The standard InChI is InChI=1S/C37H28B3N3/c1-3-15-29-26-16-5-10-21-32(26)38-41(35(29)4-2)39-33-22-11-6-17-27(33)30-19-8-13-24-36(30)43(39)40-34-23-12-7-18-28(34)31-20-9-14-25-37(31)42(38)40/h3-25H,2H2,1H3/b15-3-. The summed E-state index contributed by atoms with van der Waals surface area (Å²) in [5.74, 6) is 0. The van der Waals surface area contributed by atoms with E-state index in [-0.39, 0.29) is 20.9 Å². The molecule has 200 valence electrons. The van der Waals surface area contributed by atoms with Gasteiger partial charge in [0, 0.05) is 33.8 Å². The number of hydrogen-bond acceptors (Lipinski definition) is 3. The van der Waals surface area contributed by atoms with Crippen LogP contribution in [0.2, 0.25) is 0 Å². The van der Waals surface area contributed by atoms with Crippen LogP contribution in [-0.2, 0) is 0 Å². The molecule has 0 atom stereocenters. The minimum Gasteiger partial charge on any atom is -0.416 e. The van der Waals surface area contributed by atoms with Gasteiger partial charge in [0.25, 0.3) is 0 Å². The van der Waals surface area contributed by atoms with Crippen molar-refractivity contribution in [2.45, 2.75) is 6.92 Å². The Kier molecular flexibility index (Phi) is 5.25. The van der Waals surface area contributed by atoms with Crippen molar-refractivity contribution in [3.8, 4) is 22.3 Å². The molecular weight excluding hydrogens is 519 g/mol. The van der Waals surface area contributed by atoms with Crippen molar-refractivity contribution >= 4 is 54.3 Å². The molecule has 0 radical (unpaired) electrons. The molecule has 6 heteroatoms. The predicted molar refractivity (Wildman–Crippen MR) is 185 cm³/mol. The Morgan fingerprint density at radius 1 is 0.488 bits per heavy atom. The highest BCUT2D eigenvalue weighted by Gasteiger charge is 2.61. The maximum atomic E-state index is 4.43. The first-order valence-corrected chi connectivity index (χ1v) is 15.1. The molecule has 1 fully saturated rings. The molecule has 43 heavy (non-hydrogen) atoms. The Labute approximate surface area is 254 Å². The molecule has 0 N–H and O–H groups in total. The first kappa shape index (κ1) is 24.5. The largest absolute Gasteiger partial charge is 0.416 e. The van der Waals surface area contributed by atoms with Gasteiger partial charge in [-0.15, -0.1) is 0 Å². The molecule has 0 bridgehead atoms. The van der Waals surface area contributed by atoms with E-state index in [1.54, 1.807) is 0 Å². The first-order chi connectivity index (χ1) is 21.3. The molecule has 0 aromatic heterocycles. The molecule has 3 nitrogen and oxygen atoms in total. The van der Waals surface area contributed by atoms with E-state index in [1.165, 1.54) is 61.2 Å². The van der Waals surface area contributed by atoms with Crippen LogP contribution in [0.3, 0.4) is 0 Å². The maximum Gasteiger partial charge on any atom is 0.389 e. The number of fused-ring (bicyclic) bond motifs is 18. The van der Waals surface area contributed by atoms with Crippen LogP contribution in [-0.4, -0.2) is 25.7 Å². The van der Waals surface area contributed by atoms with Crippen LogP contribution in [0.1, 0.15) is 12.5 Å². The van der Waals surface area contributed by atoms with Gasteiger partial charge < -0.3 is 14.2 Å². The zero-order valence-corrected chi connectivity index (χ0v) is 24.1. The van der Waals surface area contributed by atoms with Gasteiger partial charge in [0.2, 0.25) is 0 Å². The van der Waals surface area contributed by atoms with Crippen molar-refractivity contribution in [3.05, 3.63) is 157 Å². The zero-order chi connectivity index (χ0) is 28.7. The van der Waals surface area contributed by atoms with Crippen molar-refractivity contribution in [1.29, 1.82) is 0 Å². The molecule has 0 amide bonds. The Bertz CT molecular complexity index is 2030. The summed E-state index contributed by atoms with van der Waals surface area (Å²) in [4.78, 5) is 0. The molecular formula is C37H28B3N3. The predicted octanol–water partition coefficient (Wildman–Crippen LogP) is 5.95. The smallest absolute Gasteiger partial charge is 0.389 e. The van der Waals surface area contributed by atoms with E-state index in [0.29, 0.717) is 0 Å². The molecule has 4 aliphatic rings. The van der Waals surface area contributed by atoms with Crippen LogP contribution < -0.4 is 25.8 Å². The topological polar surface area (TPSA) is 9.72 Å². The third-order valence-electron chi connectivity index (χ3n) is 9.61. The van der Waals surface area contributed by atoms with Gasteiger partial charge in [-0.3, -0.25) is 0 Å². The molecule has 4 heterocycles. The minimum atomic E-state index is -0.0442. The molecule has 4 aliphatic heterocycles. The number of benzene rings is 5. The Balaban J connectivity index is 1.45. The van der Waals surface area contributed by atoms with E-state index in [9.17, 15) is 0 Å². The highest BCUT2D eigenvalue weighted by atomic mass is 15.3. The fourth-order valence-corrected chi connectivity index (χ4v) is 8.08. The van der Waals surface area contributed by atoms with Crippen molar-refractivity contribution in [2.24, 2.45) is 0 Å². The van der Waals surface area contributed by atoms with Crippen molar-refractivity contribution in [3.63, 3.8) is 0 Å². The summed E-state index contributed by atoms with van der Waals surface area (Å²) in [6.45, 7) is 6.43. The fourth-order valence-electron chi connectivity index (χ4n) is 8.08. The highest BCUT2D eigenvalue weighted by molar-refractivity contribution is 7.11. The van der Waals surface area contributed by atoms with Crippen molar-refractivity contribution < 1.29 is 0 Å². The highest BCUT2D eigenvalue weighted by Crippen LogP contribution is 2.46. The van der Waals surface area contributed by atoms with Crippen LogP contribution in [0.15, 0.2) is 152 Å². The van der Waals surface area contributed by atoms with E-state index in [4.69, 9.17) is 0 Å². The number of nitrogens with zero attached hydrogens (tertiary/aromatic N) is 3. The maximum absolute atomic E-state index is 4.43. The van der Waals surface area contributed by atoms with Crippen molar-refractivity contribution in [1.82, 2.24) is 4.72 Å². The lowest BCUT2D eigenvalue weighted by Crippen LogP contribution is -2.87. The minimum absolute atomic E-state index is 0.0192. The van der Waals surface area contributed by atoms with E-state index in [2.05, 4.69) is 167 Å². The van der Waals surface area contributed by atoms with Gasteiger partial charge in [-0.1, -0.05) is 128 Å². The summed E-state index contributed by atoms with van der Waals surface area (Å²) >= 11 is 0. The second-order valence-electron chi connectivity index (χ2n) is 11.6. The lowest BCUT2D eigenvalue weighted by atomic mass is 9.34. The first-order valence-electron chi connectivity index (χ1n) is 15.1. The molecule has 5 aromatic carbocycles. The van der Waals surface area contributed by atoms with Gasteiger partial charge >= 0.3 is 20.9 Å². The van der Waals surface area contributed by atoms with Crippen LogP contribution in [0.4, 0.5) is 11.4 Å². The average molecular weight is 547 g/mol. The van der Waals surface area contributed by atoms with Crippen LogP contribution in [0, 0.1) is 0 Å². The molecule has 0 aliphatic carbocycles. The molecule has 0 saturated carbocycles. The normalized spacial score (nSPS) is 15.7. The van der Waals surface area contributed by atoms with Crippen LogP contribution in [0.5, 0.6) is 0 Å². The molecule has 0 unspecified atom stereocenters. The third-order valence-corrected chi connectivity index (χ3v) is 9.61. The summed E-state index contributed by atoms with van der Waals surface area (Å²) in [5.41, 5.74) is 15.3. The van der Waals surface area contributed by atoms with Gasteiger partial charge in [-0.05, 0) is 58.2 Å². The number of hydrogen-bond donors (Lipinski definition) is 0. The van der Waals surface area contributed by atoms with Gasteiger partial charge in [0.1, 0.15) is 0 Å².